The number of alkyl halides is 3. The van der Waals surface area contributed by atoms with Crippen LogP contribution in [0.2, 0.25) is 0 Å². The van der Waals surface area contributed by atoms with Gasteiger partial charge in [0.15, 0.2) is 11.5 Å². The molecule has 10 nitrogen and oxygen atoms in total. The van der Waals surface area contributed by atoms with Crippen molar-refractivity contribution >= 4 is 11.8 Å². The van der Waals surface area contributed by atoms with Gasteiger partial charge in [-0.3, -0.25) is 9.59 Å². The number of fused-ring (bicyclic) bond motifs is 3. The van der Waals surface area contributed by atoms with E-state index in [-0.39, 0.29) is 54.8 Å². The topological polar surface area (TPSA) is 138 Å². The van der Waals surface area contributed by atoms with Crippen molar-refractivity contribution in [3.63, 3.8) is 0 Å². The highest BCUT2D eigenvalue weighted by atomic mass is 19.4. The van der Waals surface area contributed by atoms with E-state index in [0.717, 1.165) is 12.8 Å². The SMILES string of the molecule is COc1cc(CO)cc2c1O[C@@H]1[C@@H](O)[C@H](N(CC(F)(F)F)C(=O)CO[C@H]3C[C@@H](C)CC[C@@H]3C(C)C)C=C(C(=O)NCCO)[C@H]21. The van der Waals surface area contributed by atoms with E-state index in [2.05, 4.69) is 26.1 Å². The van der Waals surface area contributed by atoms with E-state index in [9.17, 15) is 38.1 Å². The van der Waals surface area contributed by atoms with Gasteiger partial charge in [-0.25, -0.2) is 0 Å². The maximum absolute atomic E-state index is 13.9. The second-order valence-corrected chi connectivity index (χ2v) is 12.3. The first kappa shape index (κ1) is 34.0. The molecule has 1 aromatic carbocycles. The van der Waals surface area contributed by atoms with E-state index in [1.165, 1.54) is 19.3 Å². The molecule has 44 heavy (non-hydrogen) atoms. The number of rotatable bonds is 11. The number of methoxy groups -OCH3 is 1. The number of nitrogens with one attached hydrogen (secondary N) is 1. The van der Waals surface area contributed by atoms with Gasteiger partial charge in [0.1, 0.15) is 25.4 Å². The molecule has 0 bridgehead atoms. The number of carbonyl (C=O) groups is 2. The Morgan fingerprint density at radius 1 is 1.20 bits per heavy atom. The Labute approximate surface area is 255 Å². The molecule has 0 spiro atoms. The predicted molar refractivity (Wildman–Crippen MR) is 153 cm³/mol. The Morgan fingerprint density at radius 3 is 2.55 bits per heavy atom. The number of benzene rings is 1. The molecule has 0 unspecified atom stereocenters. The normalized spacial score (nSPS) is 28.1. The van der Waals surface area contributed by atoms with Crippen LogP contribution in [0.4, 0.5) is 13.2 Å². The summed E-state index contributed by atoms with van der Waals surface area (Å²) in [5, 5.41) is 33.1. The molecule has 13 heteroatoms. The number of halogens is 3. The van der Waals surface area contributed by atoms with E-state index in [4.69, 9.17) is 14.2 Å². The summed E-state index contributed by atoms with van der Waals surface area (Å²) in [6, 6.07) is 1.50. The lowest BCUT2D eigenvalue weighted by Crippen LogP contribution is -2.58. The van der Waals surface area contributed by atoms with Crippen LogP contribution in [-0.2, 0) is 20.9 Å². The van der Waals surface area contributed by atoms with Crippen molar-refractivity contribution < 1.29 is 52.3 Å². The van der Waals surface area contributed by atoms with Crippen LogP contribution in [0.3, 0.4) is 0 Å². The van der Waals surface area contributed by atoms with Gasteiger partial charge >= 0.3 is 6.18 Å². The molecule has 1 aliphatic heterocycles. The van der Waals surface area contributed by atoms with Gasteiger partial charge in [0.2, 0.25) is 11.8 Å². The molecule has 1 fully saturated rings. The van der Waals surface area contributed by atoms with E-state index in [1.807, 2.05) is 0 Å². The second kappa shape index (κ2) is 14.1. The van der Waals surface area contributed by atoms with Gasteiger partial charge in [-0.15, -0.1) is 0 Å². The zero-order valence-electron chi connectivity index (χ0n) is 25.5. The highest BCUT2D eigenvalue weighted by molar-refractivity contribution is 5.96. The number of hydrogen-bond donors (Lipinski definition) is 4. The molecule has 246 valence electrons. The molecule has 4 rings (SSSR count). The maximum Gasteiger partial charge on any atom is 0.406 e. The van der Waals surface area contributed by atoms with Crippen molar-refractivity contribution in [2.45, 2.75) is 83.1 Å². The first-order valence-corrected chi connectivity index (χ1v) is 15.0. The van der Waals surface area contributed by atoms with Crippen LogP contribution in [0.1, 0.15) is 57.1 Å². The number of carbonyl (C=O) groups excluding carboxylic acids is 2. The van der Waals surface area contributed by atoms with Crippen LogP contribution in [0.5, 0.6) is 11.5 Å². The molecule has 4 N–H and O–H groups in total. The van der Waals surface area contributed by atoms with Crippen molar-refractivity contribution in [1.29, 1.82) is 0 Å². The van der Waals surface area contributed by atoms with Crippen LogP contribution in [0.15, 0.2) is 23.8 Å². The molecule has 1 heterocycles. The van der Waals surface area contributed by atoms with Gasteiger partial charge in [-0.05, 0) is 54.4 Å². The van der Waals surface area contributed by atoms with Crippen molar-refractivity contribution in [3.05, 3.63) is 34.9 Å². The summed E-state index contributed by atoms with van der Waals surface area (Å²) in [6.45, 7) is 2.98. The molecule has 1 saturated carbocycles. The van der Waals surface area contributed by atoms with E-state index in [0.29, 0.717) is 28.4 Å². The standard InChI is InChI=1S/C31H43F3N2O8/c1-16(2)19-6-5-17(3)9-23(19)43-14-25(39)36(15-31(32,33)34)22-12-21(30(41)35-7-8-37)26-20-10-18(13-38)11-24(42-4)28(20)44-29(26)27(22)40/h10-12,16-17,19,22-23,26-27,29,37-38,40H,5-9,13-15H2,1-4H3,(H,35,41)/t17-,19+,22+,23-,26-,27-,29-/m0/s1. The van der Waals surface area contributed by atoms with Gasteiger partial charge in [0, 0.05) is 17.7 Å². The minimum Gasteiger partial charge on any atom is -0.493 e. The van der Waals surface area contributed by atoms with E-state index < -0.39 is 55.3 Å². The summed E-state index contributed by atoms with van der Waals surface area (Å²) in [7, 11) is 1.37. The maximum atomic E-state index is 13.9. The molecule has 0 radical (unpaired) electrons. The number of amides is 2. The third kappa shape index (κ3) is 7.32. The third-order valence-corrected chi connectivity index (χ3v) is 8.91. The average molecular weight is 629 g/mol. The van der Waals surface area contributed by atoms with Gasteiger partial charge in [-0.1, -0.05) is 27.2 Å². The number of aliphatic hydroxyl groups excluding tert-OH is 3. The van der Waals surface area contributed by atoms with Gasteiger partial charge in [0.05, 0.1) is 38.4 Å². The van der Waals surface area contributed by atoms with Gasteiger partial charge in [-0.2, -0.15) is 13.2 Å². The van der Waals surface area contributed by atoms with Crippen LogP contribution < -0.4 is 14.8 Å². The lowest BCUT2D eigenvalue weighted by Gasteiger charge is -2.41. The summed E-state index contributed by atoms with van der Waals surface area (Å²) >= 11 is 0. The van der Waals surface area contributed by atoms with Crippen LogP contribution >= 0.6 is 0 Å². The number of aliphatic hydroxyl groups is 3. The summed E-state index contributed by atoms with van der Waals surface area (Å²) in [5.41, 5.74) is 0.778. The summed E-state index contributed by atoms with van der Waals surface area (Å²) in [5.74, 6) is -1.50. The second-order valence-electron chi connectivity index (χ2n) is 12.3. The minimum absolute atomic E-state index is 0.0449. The molecule has 1 aromatic rings. The van der Waals surface area contributed by atoms with Crippen molar-refractivity contribution in [1.82, 2.24) is 10.2 Å². The monoisotopic (exact) mass is 628 g/mol. The van der Waals surface area contributed by atoms with Crippen LogP contribution in [0, 0.1) is 17.8 Å². The molecule has 3 aliphatic rings. The van der Waals surface area contributed by atoms with Crippen molar-refractivity contribution in [3.8, 4) is 11.5 Å². The quantitative estimate of drug-likeness (QED) is 0.294. The molecule has 0 aromatic heterocycles. The molecule has 0 saturated heterocycles. The zero-order valence-corrected chi connectivity index (χ0v) is 25.5. The van der Waals surface area contributed by atoms with Crippen molar-refractivity contribution in [2.75, 3.05) is 33.4 Å². The number of hydrogen-bond acceptors (Lipinski definition) is 8. The number of nitrogens with zero attached hydrogens (tertiary/aromatic N) is 1. The smallest absolute Gasteiger partial charge is 0.406 e. The summed E-state index contributed by atoms with van der Waals surface area (Å²) < 4.78 is 59.2. The molecule has 2 amide bonds. The minimum atomic E-state index is -4.82. The fraction of sp³-hybridized carbons (Fsp3) is 0.677. The third-order valence-electron chi connectivity index (χ3n) is 8.91. The first-order chi connectivity index (χ1) is 20.8. The highest BCUT2D eigenvalue weighted by Crippen LogP contribution is 2.51. The Balaban J connectivity index is 1.71. The van der Waals surface area contributed by atoms with E-state index in [1.54, 1.807) is 6.07 Å². The summed E-state index contributed by atoms with van der Waals surface area (Å²) in [6.07, 6.45) is -4.30. The Morgan fingerprint density at radius 2 is 1.93 bits per heavy atom. The summed E-state index contributed by atoms with van der Waals surface area (Å²) in [4.78, 5) is 27.4. The highest BCUT2D eigenvalue weighted by Gasteiger charge is 2.52. The van der Waals surface area contributed by atoms with Crippen molar-refractivity contribution in [2.24, 2.45) is 17.8 Å². The Bertz CT molecular complexity index is 1220. The lowest BCUT2D eigenvalue weighted by atomic mass is 9.75. The van der Waals surface area contributed by atoms with Gasteiger partial charge < -0.3 is 39.7 Å². The van der Waals surface area contributed by atoms with E-state index >= 15 is 0 Å². The zero-order chi connectivity index (χ0) is 32.3. The Hall–Kier alpha value is -2.87. The van der Waals surface area contributed by atoms with Gasteiger partial charge in [0.25, 0.3) is 0 Å². The largest absolute Gasteiger partial charge is 0.493 e. The molecular weight excluding hydrogens is 585 g/mol. The first-order valence-electron chi connectivity index (χ1n) is 15.0. The fourth-order valence-corrected chi connectivity index (χ4v) is 6.74. The van der Waals surface area contributed by atoms with Crippen LogP contribution in [0.25, 0.3) is 0 Å². The number of ether oxygens (including phenoxy) is 3. The Kier molecular flexibility index (Phi) is 10.9. The average Bonchev–Trinajstić information content (AvgIpc) is 3.36. The van der Waals surface area contributed by atoms with Crippen LogP contribution in [-0.4, -0.2) is 96.0 Å². The fourth-order valence-electron chi connectivity index (χ4n) is 6.74. The lowest BCUT2D eigenvalue weighted by molar-refractivity contribution is -0.175. The molecular formula is C31H43F3N2O8. The predicted octanol–water partition coefficient (Wildman–Crippen LogP) is 2.68. The molecule has 7 atom stereocenters. The molecule has 2 aliphatic carbocycles.